The molecule has 0 radical (unpaired) electrons. The van der Waals surface area contributed by atoms with Gasteiger partial charge >= 0.3 is 0 Å². The fourth-order valence-corrected chi connectivity index (χ4v) is 2.41. The predicted octanol–water partition coefficient (Wildman–Crippen LogP) is 3.97. The van der Waals surface area contributed by atoms with Crippen LogP contribution in [0.25, 0.3) is 10.9 Å². The molecule has 0 aliphatic heterocycles. The highest BCUT2D eigenvalue weighted by molar-refractivity contribution is 6.33. The largest absolute Gasteiger partial charge is 0.399 e. The maximum atomic E-state index is 6.17. The molecule has 0 bridgehead atoms. The normalized spacial score (nSPS) is 11.1. The Bertz CT molecular complexity index is 750. The molecule has 0 aliphatic rings. The number of hydrogen-bond acceptors (Lipinski definition) is 2. The molecule has 1 aromatic heterocycles. The lowest BCUT2D eigenvalue weighted by Gasteiger charge is -2.07. The van der Waals surface area contributed by atoms with Crippen molar-refractivity contribution in [2.75, 3.05) is 5.73 Å². The highest BCUT2D eigenvalue weighted by Gasteiger charge is 2.07. The van der Waals surface area contributed by atoms with Gasteiger partial charge in [-0.3, -0.25) is 4.68 Å². The van der Waals surface area contributed by atoms with Crippen LogP contribution in [0.15, 0.2) is 42.6 Å². The van der Waals surface area contributed by atoms with Gasteiger partial charge in [0.15, 0.2) is 0 Å². The first-order valence-corrected chi connectivity index (χ1v) is 6.54. The lowest BCUT2D eigenvalue weighted by atomic mass is 10.2. The lowest BCUT2D eigenvalue weighted by molar-refractivity contribution is 0.712. The SMILES string of the molecule is Nc1ccc2cnn(Cc3cc(Cl)ccc3Cl)c2c1. The first kappa shape index (κ1) is 12.3. The van der Waals surface area contributed by atoms with Crippen LogP contribution in [0, 0.1) is 0 Å². The van der Waals surface area contributed by atoms with E-state index in [1.54, 1.807) is 12.1 Å². The summed E-state index contributed by atoms with van der Waals surface area (Å²) in [5, 5.41) is 6.75. The summed E-state index contributed by atoms with van der Waals surface area (Å²) in [5.74, 6) is 0. The van der Waals surface area contributed by atoms with Crippen molar-refractivity contribution in [3.63, 3.8) is 0 Å². The summed E-state index contributed by atoms with van der Waals surface area (Å²) in [7, 11) is 0. The molecule has 1 heterocycles. The van der Waals surface area contributed by atoms with Crippen LogP contribution in [-0.4, -0.2) is 9.78 Å². The summed E-state index contributed by atoms with van der Waals surface area (Å²) in [6, 6.07) is 11.1. The molecular weight excluding hydrogens is 281 g/mol. The van der Waals surface area contributed by atoms with E-state index in [1.165, 1.54) is 0 Å². The van der Waals surface area contributed by atoms with Gasteiger partial charge in [0.25, 0.3) is 0 Å². The van der Waals surface area contributed by atoms with E-state index in [9.17, 15) is 0 Å². The van der Waals surface area contributed by atoms with Gasteiger partial charge in [0, 0.05) is 21.1 Å². The van der Waals surface area contributed by atoms with Crippen LogP contribution in [0.2, 0.25) is 10.0 Å². The Morgan fingerprint density at radius 2 is 1.95 bits per heavy atom. The van der Waals surface area contributed by atoms with Gasteiger partial charge in [-0.2, -0.15) is 5.10 Å². The van der Waals surface area contributed by atoms with Gasteiger partial charge in [-0.25, -0.2) is 0 Å². The van der Waals surface area contributed by atoms with Crippen LogP contribution in [-0.2, 0) is 6.54 Å². The van der Waals surface area contributed by atoms with Gasteiger partial charge in [-0.05, 0) is 42.0 Å². The summed E-state index contributed by atoms with van der Waals surface area (Å²) in [4.78, 5) is 0. The number of anilines is 1. The Labute approximate surface area is 120 Å². The average molecular weight is 292 g/mol. The Morgan fingerprint density at radius 3 is 2.79 bits per heavy atom. The number of nitrogen functional groups attached to an aromatic ring is 1. The van der Waals surface area contributed by atoms with Crippen LogP contribution in [0.3, 0.4) is 0 Å². The fraction of sp³-hybridized carbons (Fsp3) is 0.0714. The second kappa shape index (κ2) is 4.76. The third-order valence-corrected chi connectivity index (χ3v) is 3.60. The zero-order valence-corrected chi connectivity index (χ0v) is 11.5. The number of fused-ring (bicyclic) bond motifs is 1. The van der Waals surface area contributed by atoms with Gasteiger partial charge in [0.1, 0.15) is 0 Å². The molecular formula is C14H11Cl2N3. The first-order chi connectivity index (χ1) is 9.13. The molecule has 3 aromatic rings. The number of nitrogens with two attached hydrogens (primary N) is 1. The first-order valence-electron chi connectivity index (χ1n) is 5.78. The molecule has 0 atom stereocenters. The smallest absolute Gasteiger partial charge is 0.0706 e. The molecule has 3 rings (SSSR count). The minimum atomic E-state index is 0.562. The van der Waals surface area contributed by atoms with E-state index in [0.717, 1.165) is 16.5 Å². The van der Waals surface area contributed by atoms with E-state index in [0.29, 0.717) is 22.3 Å². The Morgan fingerprint density at radius 1 is 1.11 bits per heavy atom. The molecule has 3 nitrogen and oxygen atoms in total. The highest BCUT2D eigenvalue weighted by Crippen LogP contribution is 2.23. The number of halogens is 2. The number of hydrogen-bond donors (Lipinski definition) is 1. The minimum Gasteiger partial charge on any atom is -0.399 e. The third-order valence-electron chi connectivity index (χ3n) is 3.00. The van der Waals surface area contributed by atoms with Gasteiger partial charge < -0.3 is 5.73 Å². The Kier molecular flexibility index (Phi) is 3.09. The zero-order chi connectivity index (χ0) is 13.4. The quantitative estimate of drug-likeness (QED) is 0.726. The number of aromatic nitrogens is 2. The van der Waals surface area contributed by atoms with Crippen molar-refractivity contribution in [1.82, 2.24) is 9.78 Å². The summed E-state index contributed by atoms with van der Waals surface area (Å²) in [6.45, 7) is 0.562. The maximum absolute atomic E-state index is 6.17. The molecule has 96 valence electrons. The monoisotopic (exact) mass is 291 g/mol. The molecule has 0 amide bonds. The molecule has 0 saturated heterocycles. The van der Waals surface area contributed by atoms with Crippen LogP contribution < -0.4 is 5.73 Å². The van der Waals surface area contributed by atoms with Crippen molar-refractivity contribution < 1.29 is 0 Å². The summed E-state index contributed by atoms with van der Waals surface area (Å²) in [5.41, 5.74) is 8.44. The van der Waals surface area contributed by atoms with E-state index in [2.05, 4.69) is 5.10 Å². The summed E-state index contributed by atoms with van der Waals surface area (Å²) in [6.07, 6.45) is 1.81. The molecule has 2 N–H and O–H groups in total. The van der Waals surface area contributed by atoms with Crippen molar-refractivity contribution in [3.8, 4) is 0 Å². The molecule has 0 spiro atoms. The summed E-state index contributed by atoms with van der Waals surface area (Å²) >= 11 is 12.2. The van der Waals surface area contributed by atoms with Gasteiger partial charge in [0.05, 0.1) is 18.3 Å². The zero-order valence-electron chi connectivity index (χ0n) is 9.98. The third kappa shape index (κ3) is 2.39. The molecule has 5 heteroatoms. The second-order valence-electron chi connectivity index (χ2n) is 4.36. The van der Waals surface area contributed by atoms with Gasteiger partial charge in [-0.15, -0.1) is 0 Å². The highest BCUT2D eigenvalue weighted by atomic mass is 35.5. The maximum Gasteiger partial charge on any atom is 0.0706 e. The Balaban J connectivity index is 2.05. The van der Waals surface area contributed by atoms with Crippen molar-refractivity contribution in [2.24, 2.45) is 0 Å². The predicted molar refractivity (Wildman–Crippen MR) is 79.7 cm³/mol. The van der Waals surface area contributed by atoms with E-state index in [-0.39, 0.29) is 0 Å². The van der Waals surface area contributed by atoms with Crippen LogP contribution >= 0.6 is 23.2 Å². The van der Waals surface area contributed by atoms with Crippen molar-refractivity contribution in [3.05, 3.63) is 58.2 Å². The standard InChI is InChI=1S/C14H11Cl2N3/c15-11-2-4-13(16)10(5-11)8-19-14-6-12(17)3-1-9(14)7-18-19/h1-7H,8,17H2. The van der Waals surface area contributed by atoms with Crippen LogP contribution in [0.4, 0.5) is 5.69 Å². The van der Waals surface area contributed by atoms with E-state index in [4.69, 9.17) is 28.9 Å². The Hall–Kier alpha value is -1.71. The van der Waals surface area contributed by atoms with Gasteiger partial charge in [-0.1, -0.05) is 23.2 Å². The molecule has 19 heavy (non-hydrogen) atoms. The number of benzene rings is 2. The molecule has 0 fully saturated rings. The molecule has 0 unspecified atom stereocenters. The number of nitrogens with zero attached hydrogens (tertiary/aromatic N) is 2. The average Bonchev–Trinajstić information content (AvgIpc) is 2.77. The topological polar surface area (TPSA) is 43.8 Å². The minimum absolute atomic E-state index is 0.562. The van der Waals surface area contributed by atoms with Crippen molar-refractivity contribution in [2.45, 2.75) is 6.54 Å². The van der Waals surface area contributed by atoms with Gasteiger partial charge in [0.2, 0.25) is 0 Å². The second-order valence-corrected chi connectivity index (χ2v) is 5.20. The van der Waals surface area contributed by atoms with Crippen LogP contribution in [0.1, 0.15) is 5.56 Å². The lowest BCUT2D eigenvalue weighted by Crippen LogP contribution is -2.02. The van der Waals surface area contributed by atoms with E-state index < -0.39 is 0 Å². The van der Waals surface area contributed by atoms with Crippen molar-refractivity contribution in [1.29, 1.82) is 0 Å². The van der Waals surface area contributed by atoms with E-state index in [1.807, 2.05) is 35.1 Å². The van der Waals surface area contributed by atoms with Crippen molar-refractivity contribution >= 4 is 39.8 Å². The van der Waals surface area contributed by atoms with E-state index >= 15 is 0 Å². The molecule has 0 saturated carbocycles. The summed E-state index contributed by atoms with van der Waals surface area (Å²) < 4.78 is 1.86. The van der Waals surface area contributed by atoms with Crippen LogP contribution in [0.5, 0.6) is 0 Å². The molecule has 2 aromatic carbocycles. The number of rotatable bonds is 2. The fourth-order valence-electron chi connectivity index (χ4n) is 2.04. The molecule has 0 aliphatic carbocycles.